The lowest BCUT2D eigenvalue weighted by Crippen LogP contribution is -2.47. The maximum Gasteiger partial charge on any atom is 0.0610 e. The first-order valence-electron chi connectivity index (χ1n) is 6.66. The third-order valence-corrected chi connectivity index (χ3v) is 4.29. The number of rotatable bonds is 10. The SMILES string of the molecule is CCCCSCCCC(C)(CO)NC1CC1. The zero-order valence-electron chi connectivity index (χ0n) is 10.8. The maximum absolute atomic E-state index is 9.43. The molecule has 1 rings (SSSR count). The third-order valence-electron chi connectivity index (χ3n) is 3.14. The van der Waals surface area contributed by atoms with Crippen LogP contribution in [0.5, 0.6) is 0 Å². The van der Waals surface area contributed by atoms with Crippen LogP contribution in [0.2, 0.25) is 0 Å². The molecule has 0 amide bonds. The lowest BCUT2D eigenvalue weighted by atomic mass is 9.97. The maximum atomic E-state index is 9.43. The van der Waals surface area contributed by atoms with Gasteiger partial charge in [0.25, 0.3) is 0 Å². The van der Waals surface area contributed by atoms with Gasteiger partial charge < -0.3 is 10.4 Å². The van der Waals surface area contributed by atoms with Crippen LogP contribution in [0.15, 0.2) is 0 Å². The van der Waals surface area contributed by atoms with E-state index in [1.165, 1.54) is 43.6 Å². The Hall–Kier alpha value is 0.270. The van der Waals surface area contributed by atoms with E-state index in [2.05, 4.69) is 30.9 Å². The molecule has 0 radical (unpaired) electrons. The molecule has 1 unspecified atom stereocenters. The molecular weight excluding hydrogens is 218 g/mol. The fourth-order valence-electron chi connectivity index (χ4n) is 1.83. The summed E-state index contributed by atoms with van der Waals surface area (Å²) in [6, 6.07) is 0.685. The standard InChI is InChI=1S/C13H27NOS/c1-3-4-9-16-10-5-8-13(2,11-15)14-12-6-7-12/h12,14-15H,3-11H2,1-2H3. The Kier molecular flexibility index (Phi) is 6.78. The summed E-state index contributed by atoms with van der Waals surface area (Å²) in [4.78, 5) is 0. The van der Waals surface area contributed by atoms with E-state index in [0.29, 0.717) is 6.04 Å². The normalized spacial score (nSPS) is 19.7. The molecule has 96 valence electrons. The zero-order valence-corrected chi connectivity index (χ0v) is 11.6. The van der Waals surface area contributed by atoms with E-state index >= 15 is 0 Å². The second-order valence-corrected chi connectivity index (χ2v) is 6.43. The first kappa shape index (κ1) is 14.3. The highest BCUT2D eigenvalue weighted by molar-refractivity contribution is 7.99. The Morgan fingerprint density at radius 2 is 2.00 bits per heavy atom. The summed E-state index contributed by atoms with van der Waals surface area (Å²) in [5.41, 5.74) is -0.0352. The minimum Gasteiger partial charge on any atom is -0.394 e. The molecule has 0 aliphatic heterocycles. The number of nitrogens with one attached hydrogen (secondary N) is 1. The first-order chi connectivity index (χ1) is 7.70. The molecule has 1 aliphatic rings. The van der Waals surface area contributed by atoms with Crippen LogP contribution in [0, 0.1) is 0 Å². The number of aliphatic hydroxyl groups is 1. The van der Waals surface area contributed by atoms with E-state index in [0.717, 1.165) is 6.42 Å². The van der Waals surface area contributed by atoms with Crippen molar-refractivity contribution in [1.29, 1.82) is 0 Å². The summed E-state index contributed by atoms with van der Waals surface area (Å²) in [6.45, 7) is 4.66. The lowest BCUT2D eigenvalue weighted by molar-refractivity contribution is 0.163. The molecule has 1 atom stereocenters. The van der Waals surface area contributed by atoms with Crippen LogP contribution in [0.4, 0.5) is 0 Å². The predicted molar refractivity (Wildman–Crippen MR) is 73.1 cm³/mol. The highest BCUT2D eigenvalue weighted by Crippen LogP contribution is 2.25. The average molecular weight is 245 g/mol. The quantitative estimate of drug-likeness (QED) is 0.581. The van der Waals surface area contributed by atoms with Crippen LogP contribution in [0.25, 0.3) is 0 Å². The summed E-state index contributed by atoms with van der Waals surface area (Å²) in [7, 11) is 0. The molecule has 0 aromatic heterocycles. The van der Waals surface area contributed by atoms with E-state index in [1.54, 1.807) is 0 Å². The molecule has 1 fully saturated rings. The van der Waals surface area contributed by atoms with Gasteiger partial charge in [-0.05, 0) is 50.5 Å². The summed E-state index contributed by atoms with van der Waals surface area (Å²) in [5, 5.41) is 13.0. The topological polar surface area (TPSA) is 32.3 Å². The van der Waals surface area contributed by atoms with Gasteiger partial charge in [0.2, 0.25) is 0 Å². The average Bonchev–Trinajstić information content (AvgIpc) is 3.07. The minimum atomic E-state index is -0.0352. The molecule has 0 aromatic rings. The van der Waals surface area contributed by atoms with Crippen molar-refractivity contribution in [3.63, 3.8) is 0 Å². The van der Waals surface area contributed by atoms with E-state index < -0.39 is 0 Å². The highest BCUT2D eigenvalue weighted by Gasteiger charge is 2.31. The summed E-state index contributed by atoms with van der Waals surface area (Å²) < 4.78 is 0. The van der Waals surface area contributed by atoms with Gasteiger partial charge in [0.15, 0.2) is 0 Å². The van der Waals surface area contributed by atoms with Gasteiger partial charge in [0.1, 0.15) is 0 Å². The smallest absolute Gasteiger partial charge is 0.0610 e. The van der Waals surface area contributed by atoms with E-state index in [9.17, 15) is 5.11 Å². The van der Waals surface area contributed by atoms with Crippen LogP contribution in [0.1, 0.15) is 52.4 Å². The second-order valence-electron chi connectivity index (χ2n) is 5.21. The second kappa shape index (κ2) is 7.57. The molecule has 0 heterocycles. The molecule has 0 bridgehead atoms. The number of thioether (sulfide) groups is 1. The molecule has 2 nitrogen and oxygen atoms in total. The molecule has 0 spiro atoms. The largest absolute Gasteiger partial charge is 0.394 e. The first-order valence-corrected chi connectivity index (χ1v) is 7.82. The van der Waals surface area contributed by atoms with Crippen LogP contribution in [-0.4, -0.2) is 34.8 Å². The molecule has 0 saturated heterocycles. The van der Waals surface area contributed by atoms with Crippen molar-refractivity contribution in [1.82, 2.24) is 5.32 Å². The Morgan fingerprint density at radius 1 is 1.31 bits per heavy atom. The van der Waals surface area contributed by atoms with Crippen molar-refractivity contribution in [3.8, 4) is 0 Å². The molecule has 2 N–H and O–H groups in total. The van der Waals surface area contributed by atoms with E-state index in [-0.39, 0.29) is 12.1 Å². The molecular formula is C13H27NOS. The van der Waals surface area contributed by atoms with Gasteiger partial charge >= 0.3 is 0 Å². The van der Waals surface area contributed by atoms with Gasteiger partial charge in [-0.3, -0.25) is 0 Å². The molecule has 16 heavy (non-hydrogen) atoms. The van der Waals surface area contributed by atoms with Crippen molar-refractivity contribution >= 4 is 11.8 Å². The molecule has 0 aromatic carbocycles. The number of hydrogen-bond acceptors (Lipinski definition) is 3. The fraction of sp³-hybridized carbons (Fsp3) is 1.00. The van der Waals surface area contributed by atoms with Crippen molar-refractivity contribution in [2.45, 2.75) is 64.0 Å². The van der Waals surface area contributed by atoms with Crippen molar-refractivity contribution in [3.05, 3.63) is 0 Å². The number of hydrogen-bond donors (Lipinski definition) is 2. The van der Waals surface area contributed by atoms with Gasteiger partial charge in [-0.25, -0.2) is 0 Å². The minimum absolute atomic E-state index is 0.0352. The summed E-state index contributed by atoms with van der Waals surface area (Å²) >= 11 is 2.05. The number of unbranched alkanes of at least 4 members (excludes halogenated alkanes) is 1. The Bertz CT molecular complexity index is 185. The molecule has 1 saturated carbocycles. The van der Waals surface area contributed by atoms with Gasteiger partial charge in [0.05, 0.1) is 6.61 Å². The van der Waals surface area contributed by atoms with Crippen molar-refractivity contribution in [2.24, 2.45) is 0 Å². The van der Waals surface area contributed by atoms with E-state index in [4.69, 9.17) is 0 Å². The molecule has 3 heteroatoms. The predicted octanol–water partition coefficient (Wildman–Crippen LogP) is 2.80. The Morgan fingerprint density at radius 3 is 2.56 bits per heavy atom. The van der Waals surface area contributed by atoms with Gasteiger partial charge in [0, 0.05) is 11.6 Å². The zero-order chi connectivity index (χ0) is 11.9. The highest BCUT2D eigenvalue weighted by atomic mass is 32.2. The molecule has 1 aliphatic carbocycles. The third kappa shape index (κ3) is 6.12. The summed E-state index contributed by atoms with van der Waals surface area (Å²) in [6.07, 6.45) is 7.53. The summed E-state index contributed by atoms with van der Waals surface area (Å²) in [5.74, 6) is 2.53. The Labute approximate surface area is 105 Å². The van der Waals surface area contributed by atoms with Crippen LogP contribution >= 0.6 is 11.8 Å². The van der Waals surface area contributed by atoms with E-state index in [1.807, 2.05) is 0 Å². The van der Waals surface area contributed by atoms with Crippen LogP contribution in [-0.2, 0) is 0 Å². The monoisotopic (exact) mass is 245 g/mol. The van der Waals surface area contributed by atoms with Gasteiger partial charge in [-0.2, -0.15) is 11.8 Å². The van der Waals surface area contributed by atoms with Crippen molar-refractivity contribution in [2.75, 3.05) is 18.1 Å². The Balaban J connectivity index is 2.03. The van der Waals surface area contributed by atoms with Crippen LogP contribution in [0.3, 0.4) is 0 Å². The lowest BCUT2D eigenvalue weighted by Gasteiger charge is -2.29. The fourth-order valence-corrected chi connectivity index (χ4v) is 2.88. The van der Waals surface area contributed by atoms with Gasteiger partial charge in [-0.1, -0.05) is 13.3 Å². The van der Waals surface area contributed by atoms with Crippen molar-refractivity contribution < 1.29 is 5.11 Å². The number of aliphatic hydroxyl groups excluding tert-OH is 1. The van der Waals surface area contributed by atoms with Crippen LogP contribution < -0.4 is 5.32 Å². The van der Waals surface area contributed by atoms with Gasteiger partial charge in [-0.15, -0.1) is 0 Å².